The van der Waals surface area contributed by atoms with E-state index in [1.807, 2.05) is 18.2 Å². The fourth-order valence-electron chi connectivity index (χ4n) is 0.792. The second-order valence-corrected chi connectivity index (χ2v) is 2.07. The molecule has 0 fully saturated rings. The Morgan fingerprint density at radius 1 is 1.78 bits per heavy atom. The predicted molar refractivity (Wildman–Crippen MR) is 36.8 cm³/mol. The number of rotatable bonds is 1. The van der Waals surface area contributed by atoms with Crippen molar-refractivity contribution in [3.63, 3.8) is 0 Å². The van der Waals surface area contributed by atoms with Crippen LogP contribution in [0, 0.1) is 0 Å². The highest BCUT2D eigenvalue weighted by molar-refractivity contribution is 5.20. The van der Waals surface area contributed by atoms with Crippen LogP contribution in [0.2, 0.25) is 0 Å². The van der Waals surface area contributed by atoms with Gasteiger partial charge in [-0.15, -0.1) is 0 Å². The summed E-state index contributed by atoms with van der Waals surface area (Å²) in [6.07, 6.45) is 6.94. The molecule has 2 heteroatoms. The van der Waals surface area contributed by atoms with Gasteiger partial charge < -0.3 is 10.5 Å². The van der Waals surface area contributed by atoms with Crippen molar-refractivity contribution in [2.24, 2.45) is 5.73 Å². The van der Waals surface area contributed by atoms with Crippen LogP contribution in [0.1, 0.15) is 6.42 Å². The Kier molecular flexibility index (Phi) is 1.90. The quantitative estimate of drug-likeness (QED) is 0.562. The molecule has 0 heterocycles. The van der Waals surface area contributed by atoms with E-state index in [1.165, 1.54) is 0 Å². The molecule has 0 spiro atoms. The van der Waals surface area contributed by atoms with E-state index in [1.54, 1.807) is 7.11 Å². The third-order valence-electron chi connectivity index (χ3n) is 1.39. The highest BCUT2D eigenvalue weighted by Gasteiger charge is 2.03. The van der Waals surface area contributed by atoms with Crippen LogP contribution in [-0.2, 0) is 4.74 Å². The lowest BCUT2D eigenvalue weighted by Crippen LogP contribution is -2.10. The Morgan fingerprint density at radius 3 is 3.00 bits per heavy atom. The Hall–Kier alpha value is -0.760. The molecule has 2 N–H and O–H groups in total. The molecule has 0 saturated carbocycles. The monoisotopic (exact) mass is 125 g/mol. The second-order valence-electron chi connectivity index (χ2n) is 2.07. The van der Waals surface area contributed by atoms with Gasteiger partial charge >= 0.3 is 0 Å². The smallest absolute Gasteiger partial charge is 0.0791 e. The van der Waals surface area contributed by atoms with Gasteiger partial charge in [0.25, 0.3) is 0 Å². The molecule has 0 bridgehead atoms. The molecule has 1 rings (SSSR count). The molecular weight excluding hydrogens is 114 g/mol. The van der Waals surface area contributed by atoms with E-state index in [0.717, 1.165) is 12.1 Å². The average molecular weight is 125 g/mol. The number of methoxy groups -OCH3 is 1. The van der Waals surface area contributed by atoms with Crippen LogP contribution in [0.25, 0.3) is 0 Å². The van der Waals surface area contributed by atoms with Crippen molar-refractivity contribution in [1.82, 2.24) is 0 Å². The van der Waals surface area contributed by atoms with Crippen molar-refractivity contribution in [2.75, 3.05) is 7.11 Å². The van der Waals surface area contributed by atoms with Crippen LogP contribution in [-0.4, -0.2) is 13.2 Å². The topological polar surface area (TPSA) is 35.2 Å². The molecule has 0 aromatic rings. The summed E-state index contributed by atoms with van der Waals surface area (Å²) in [5, 5.41) is 0. The maximum atomic E-state index is 5.47. The normalized spacial score (nSPS) is 25.9. The zero-order valence-corrected chi connectivity index (χ0v) is 5.50. The molecule has 9 heavy (non-hydrogen) atoms. The lowest BCUT2D eigenvalue weighted by atomic mass is 10.1. The van der Waals surface area contributed by atoms with E-state index in [9.17, 15) is 0 Å². The summed E-state index contributed by atoms with van der Waals surface area (Å²) < 4.78 is 5.05. The summed E-state index contributed by atoms with van der Waals surface area (Å²) in [4.78, 5) is 0. The van der Waals surface area contributed by atoms with E-state index in [4.69, 9.17) is 10.5 Å². The first-order valence-electron chi connectivity index (χ1n) is 2.99. The summed E-state index contributed by atoms with van der Waals surface area (Å²) in [7, 11) is 1.70. The van der Waals surface area contributed by atoms with Crippen molar-refractivity contribution < 1.29 is 4.74 Å². The van der Waals surface area contributed by atoms with Crippen molar-refractivity contribution >= 4 is 0 Å². The average Bonchev–Trinajstić information content (AvgIpc) is 1.90. The summed E-state index contributed by atoms with van der Waals surface area (Å²) in [6.45, 7) is 0. The first kappa shape index (κ1) is 6.36. The number of nitrogens with two attached hydrogens (primary N) is 1. The lowest BCUT2D eigenvalue weighted by Gasteiger charge is -2.11. The molecule has 0 aliphatic heterocycles. The molecular formula is C7H11NO. The van der Waals surface area contributed by atoms with Gasteiger partial charge in [-0.05, 0) is 12.5 Å². The maximum absolute atomic E-state index is 5.47. The first-order chi connectivity index (χ1) is 4.33. The summed E-state index contributed by atoms with van der Waals surface area (Å²) >= 11 is 0. The van der Waals surface area contributed by atoms with Crippen LogP contribution in [0.5, 0.6) is 0 Å². The predicted octanol–water partition coefficient (Wildman–Crippen LogP) is 0.804. The molecule has 2 nitrogen and oxygen atoms in total. The van der Waals surface area contributed by atoms with Gasteiger partial charge in [0, 0.05) is 12.8 Å². The molecule has 0 saturated heterocycles. The van der Waals surface area contributed by atoms with Crippen LogP contribution in [0.4, 0.5) is 0 Å². The molecule has 0 amide bonds. The van der Waals surface area contributed by atoms with Gasteiger partial charge in [-0.3, -0.25) is 0 Å². The number of hydrogen-bond donors (Lipinski definition) is 1. The number of ether oxygens (including phenoxy) is 1. The molecule has 0 radical (unpaired) electrons. The molecule has 1 unspecified atom stereocenters. The van der Waals surface area contributed by atoms with Crippen molar-refractivity contribution in [3.05, 3.63) is 23.9 Å². The number of allylic oxidation sites excluding steroid dienone is 1. The third kappa shape index (κ3) is 1.57. The summed E-state index contributed by atoms with van der Waals surface area (Å²) in [5.74, 6) is 0. The molecule has 0 aromatic heterocycles. The molecule has 0 aromatic carbocycles. The highest BCUT2D eigenvalue weighted by atomic mass is 16.5. The Balaban J connectivity index is 2.48. The van der Waals surface area contributed by atoms with E-state index in [2.05, 4.69) is 0 Å². The van der Waals surface area contributed by atoms with Crippen LogP contribution >= 0.6 is 0 Å². The van der Waals surface area contributed by atoms with Crippen LogP contribution in [0.15, 0.2) is 23.9 Å². The highest BCUT2D eigenvalue weighted by Crippen LogP contribution is 2.08. The zero-order valence-electron chi connectivity index (χ0n) is 5.50. The Morgan fingerprint density at radius 2 is 2.56 bits per heavy atom. The molecule has 1 atom stereocenters. The fraction of sp³-hybridized carbons (Fsp3) is 0.429. The fourth-order valence-corrected chi connectivity index (χ4v) is 0.792. The van der Waals surface area contributed by atoms with Gasteiger partial charge in [0.15, 0.2) is 0 Å². The van der Waals surface area contributed by atoms with Gasteiger partial charge in [-0.2, -0.15) is 0 Å². The van der Waals surface area contributed by atoms with Gasteiger partial charge in [0.1, 0.15) is 0 Å². The van der Waals surface area contributed by atoms with E-state index < -0.39 is 0 Å². The SMILES string of the molecule is COC1C=CC(N)=CC1. The lowest BCUT2D eigenvalue weighted by molar-refractivity contribution is 0.142. The minimum Gasteiger partial charge on any atom is -0.399 e. The van der Waals surface area contributed by atoms with Crippen LogP contribution in [0.3, 0.4) is 0 Å². The third-order valence-corrected chi connectivity index (χ3v) is 1.39. The van der Waals surface area contributed by atoms with E-state index in [-0.39, 0.29) is 6.10 Å². The maximum Gasteiger partial charge on any atom is 0.0791 e. The molecule has 1 aliphatic carbocycles. The summed E-state index contributed by atoms with van der Waals surface area (Å²) in [6, 6.07) is 0. The second kappa shape index (κ2) is 2.69. The van der Waals surface area contributed by atoms with Gasteiger partial charge in [-0.25, -0.2) is 0 Å². The zero-order chi connectivity index (χ0) is 6.69. The van der Waals surface area contributed by atoms with Crippen molar-refractivity contribution in [1.29, 1.82) is 0 Å². The first-order valence-corrected chi connectivity index (χ1v) is 2.99. The van der Waals surface area contributed by atoms with Gasteiger partial charge in [0.05, 0.1) is 6.10 Å². The Labute approximate surface area is 55.0 Å². The molecule has 50 valence electrons. The summed E-state index contributed by atoms with van der Waals surface area (Å²) in [5.41, 5.74) is 6.31. The Bertz CT molecular complexity index is 149. The minimum absolute atomic E-state index is 0.234. The largest absolute Gasteiger partial charge is 0.399 e. The molecule has 1 aliphatic rings. The van der Waals surface area contributed by atoms with Gasteiger partial charge in [-0.1, -0.05) is 12.2 Å². The number of hydrogen-bond acceptors (Lipinski definition) is 2. The van der Waals surface area contributed by atoms with Gasteiger partial charge in [0.2, 0.25) is 0 Å². The minimum atomic E-state index is 0.234. The standard InChI is InChI=1S/C7H11NO/c1-9-7-4-2-6(8)3-5-7/h2-4,7H,5,8H2,1H3. The van der Waals surface area contributed by atoms with E-state index >= 15 is 0 Å². The van der Waals surface area contributed by atoms with Crippen LogP contribution < -0.4 is 5.73 Å². The van der Waals surface area contributed by atoms with Crippen molar-refractivity contribution in [2.45, 2.75) is 12.5 Å². The van der Waals surface area contributed by atoms with Crippen molar-refractivity contribution in [3.8, 4) is 0 Å². The van der Waals surface area contributed by atoms with E-state index in [0.29, 0.717) is 0 Å².